The van der Waals surface area contributed by atoms with Gasteiger partial charge in [0.15, 0.2) is 0 Å². The first-order chi connectivity index (χ1) is 13.2. The number of hydrogen-bond acceptors (Lipinski definition) is 3. The molecule has 6 nitrogen and oxygen atoms in total. The molecule has 146 valence electrons. The van der Waals surface area contributed by atoms with Crippen LogP contribution in [-0.2, 0) is 4.79 Å². The molecular formula is C22H26N4O2. The molecule has 0 saturated carbocycles. The van der Waals surface area contributed by atoms with E-state index in [-0.39, 0.29) is 11.3 Å². The highest BCUT2D eigenvalue weighted by Crippen LogP contribution is 2.23. The lowest BCUT2D eigenvalue weighted by Crippen LogP contribution is -2.44. The standard InChI is InChI=1S/C22H26N4O2/c1-22(2,3)12-11-17(19(23)27)26-21(28)15-9-10-16-18(13-15)25-20(24-16)14-7-5-4-6-8-14/h4-10,13,17H,11-12H2,1-3H3,(H2,23,27)(H,24,25)(H,26,28). The van der Waals surface area contributed by atoms with Crippen LogP contribution in [0.3, 0.4) is 0 Å². The zero-order valence-corrected chi connectivity index (χ0v) is 16.5. The Kier molecular flexibility index (Phi) is 5.49. The van der Waals surface area contributed by atoms with Gasteiger partial charge in [-0.25, -0.2) is 4.98 Å². The number of hydrogen-bond donors (Lipinski definition) is 3. The molecule has 2 aromatic carbocycles. The number of nitrogens with two attached hydrogens (primary N) is 1. The highest BCUT2D eigenvalue weighted by atomic mass is 16.2. The lowest BCUT2D eigenvalue weighted by Gasteiger charge is -2.22. The molecule has 1 heterocycles. The summed E-state index contributed by atoms with van der Waals surface area (Å²) in [7, 11) is 0. The number of aromatic nitrogens is 2. The van der Waals surface area contributed by atoms with Crippen LogP contribution >= 0.6 is 0 Å². The van der Waals surface area contributed by atoms with E-state index in [1.807, 2.05) is 30.3 Å². The minimum absolute atomic E-state index is 0.0566. The molecule has 2 amide bonds. The second-order valence-electron chi connectivity index (χ2n) is 8.21. The number of imidazole rings is 1. The monoisotopic (exact) mass is 378 g/mol. The zero-order chi connectivity index (χ0) is 20.3. The average Bonchev–Trinajstić information content (AvgIpc) is 3.08. The molecule has 0 radical (unpaired) electrons. The lowest BCUT2D eigenvalue weighted by atomic mass is 9.88. The highest BCUT2D eigenvalue weighted by Gasteiger charge is 2.22. The molecule has 0 aliphatic rings. The van der Waals surface area contributed by atoms with Crippen LogP contribution in [0.25, 0.3) is 22.4 Å². The third-order valence-electron chi connectivity index (χ3n) is 4.62. The number of benzene rings is 2. The van der Waals surface area contributed by atoms with E-state index in [1.165, 1.54) is 0 Å². The summed E-state index contributed by atoms with van der Waals surface area (Å²) in [5.41, 5.74) is 8.50. The molecule has 0 spiro atoms. The van der Waals surface area contributed by atoms with Gasteiger partial charge in [-0.05, 0) is 36.5 Å². The van der Waals surface area contributed by atoms with Gasteiger partial charge >= 0.3 is 0 Å². The number of rotatable bonds is 6. The molecular weight excluding hydrogens is 352 g/mol. The van der Waals surface area contributed by atoms with Crippen molar-refractivity contribution in [3.63, 3.8) is 0 Å². The average molecular weight is 378 g/mol. The third-order valence-corrected chi connectivity index (χ3v) is 4.62. The van der Waals surface area contributed by atoms with E-state index in [0.29, 0.717) is 12.0 Å². The Hall–Kier alpha value is -3.15. The predicted octanol–water partition coefficient (Wildman–Crippen LogP) is 3.64. The Morgan fingerprint density at radius 3 is 2.50 bits per heavy atom. The maximum atomic E-state index is 12.7. The van der Waals surface area contributed by atoms with Gasteiger partial charge in [-0.2, -0.15) is 0 Å². The predicted molar refractivity (Wildman–Crippen MR) is 111 cm³/mol. The first kappa shape index (κ1) is 19.6. The summed E-state index contributed by atoms with van der Waals surface area (Å²) >= 11 is 0. The zero-order valence-electron chi connectivity index (χ0n) is 16.5. The van der Waals surface area contributed by atoms with Crippen molar-refractivity contribution in [1.29, 1.82) is 0 Å². The van der Waals surface area contributed by atoms with Crippen molar-refractivity contribution in [2.75, 3.05) is 0 Å². The van der Waals surface area contributed by atoms with Crippen molar-refractivity contribution in [3.8, 4) is 11.4 Å². The minimum Gasteiger partial charge on any atom is -0.368 e. The Morgan fingerprint density at radius 2 is 1.86 bits per heavy atom. The molecule has 0 saturated heterocycles. The van der Waals surface area contributed by atoms with Crippen molar-refractivity contribution in [1.82, 2.24) is 15.3 Å². The number of carbonyl (C=O) groups excluding carboxylic acids is 2. The number of amides is 2. The van der Waals surface area contributed by atoms with Crippen molar-refractivity contribution in [2.45, 2.75) is 39.7 Å². The van der Waals surface area contributed by atoms with Gasteiger partial charge in [0.25, 0.3) is 5.91 Å². The summed E-state index contributed by atoms with van der Waals surface area (Å²) in [5.74, 6) is -0.101. The maximum Gasteiger partial charge on any atom is 0.252 e. The van der Waals surface area contributed by atoms with Crippen LogP contribution in [0.15, 0.2) is 48.5 Å². The van der Waals surface area contributed by atoms with Crippen LogP contribution in [0.1, 0.15) is 44.0 Å². The van der Waals surface area contributed by atoms with Crippen LogP contribution in [-0.4, -0.2) is 27.8 Å². The molecule has 4 N–H and O–H groups in total. The summed E-state index contributed by atoms with van der Waals surface area (Å²) in [5, 5.41) is 2.76. The smallest absolute Gasteiger partial charge is 0.252 e. The number of carbonyl (C=O) groups is 2. The second-order valence-corrected chi connectivity index (χ2v) is 8.21. The Labute approximate surface area is 164 Å². The summed E-state index contributed by atoms with van der Waals surface area (Å²) < 4.78 is 0. The molecule has 28 heavy (non-hydrogen) atoms. The number of nitrogens with one attached hydrogen (secondary N) is 2. The van der Waals surface area contributed by atoms with Crippen LogP contribution in [0.4, 0.5) is 0 Å². The Bertz CT molecular complexity index is 987. The highest BCUT2D eigenvalue weighted by molar-refractivity contribution is 5.99. The third kappa shape index (κ3) is 4.76. The molecule has 0 aliphatic carbocycles. The van der Waals surface area contributed by atoms with Crippen molar-refractivity contribution >= 4 is 22.8 Å². The lowest BCUT2D eigenvalue weighted by molar-refractivity contribution is -0.120. The second kappa shape index (κ2) is 7.84. The van der Waals surface area contributed by atoms with Gasteiger partial charge < -0.3 is 16.0 Å². The summed E-state index contributed by atoms with van der Waals surface area (Å²) in [6, 6.07) is 14.3. The molecule has 3 rings (SSSR count). The van der Waals surface area contributed by atoms with E-state index in [4.69, 9.17) is 5.73 Å². The van der Waals surface area contributed by atoms with E-state index >= 15 is 0 Å². The summed E-state index contributed by atoms with van der Waals surface area (Å²) in [6.45, 7) is 6.26. The topological polar surface area (TPSA) is 101 Å². The molecule has 0 aliphatic heterocycles. The van der Waals surface area contributed by atoms with Gasteiger partial charge in [-0.15, -0.1) is 0 Å². The van der Waals surface area contributed by atoms with E-state index in [9.17, 15) is 9.59 Å². The molecule has 0 bridgehead atoms. The van der Waals surface area contributed by atoms with E-state index in [1.54, 1.807) is 18.2 Å². The van der Waals surface area contributed by atoms with Crippen LogP contribution in [0.2, 0.25) is 0 Å². The fourth-order valence-corrected chi connectivity index (χ4v) is 2.99. The molecule has 1 aromatic heterocycles. The van der Waals surface area contributed by atoms with Gasteiger partial charge in [0.05, 0.1) is 11.0 Å². The largest absolute Gasteiger partial charge is 0.368 e. The van der Waals surface area contributed by atoms with Gasteiger partial charge in [-0.1, -0.05) is 51.1 Å². The first-order valence-electron chi connectivity index (χ1n) is 9.38. The van der Waals surface area contributed by atoms with Gasteiger partial charge in [0.1, 0.15) is 11.9 Å². The van der Waals surface area contributed by atoms with Crippen LogP contribution in [0, 0.1) is 5.41 Å². The molecule has 0 fully saturated rings. The number of H-pyrrole nitrogens is 1. The fourth-order valence-electron chi connectivity index (χ4n) is 2.99. The quantitative estimate of drug-likeness (QED) is 0.610. The first-order valence-corrected chi connectivity index (χ1v) is 9.38. The summed E-state index contributed by atoms with van der Waals surface area (Å²) in [4.78, 5) is 32.2. The van der Waals surface area contributed by atoms with E-state index in [2.05, 4.69) is 36.1 Å². The number of fused-ring (bicyclic) bond motifs is 1. The Morgan fingerprint density at radius 1 is 1.14 bits per heavy atom. The van der Waals surface area contributed by atoms with Gasteiger partial charge in [-0.3, -0.25) is 9.59 Å². The SMILES string of the molecule is CC(C)(C)CCC(NC(=O)c1ccc2nc(-c3ccccc3)[nH]c2c1)C(N)=O. The normalized spacial score (nSPS) is 12.7. The van der Waals surface area contributed by atoms with Crippen LogP contribution in [0.5, 0.6) is 0 Å². The number of primary amides is 1. The van der Waals surface area contributed by atoms with Crippen LogP contribution < -0.4 is 11.1 Å². The maximum absolute atomic E-state index is 12.7. The Balaban J connectivity index is 1.78. The van der Waals surface area contributed by atoms with Gasteiger partial charge in [0.2, 0.25) is 5.91 Å². The molecule has 3 aromatic rings. The fraction of sp³-hybridized carbons (Fsp3) is 0.318. The van der Waals surface area contributed by atoms with Crippen molar-refractivity contribution in [2.24, 2.45) is 11.1 Å². The van der Waals surface area contributed by atoms with Gasteiger partial charge in [0, 0.05) is 11.1 Å². The minimum atomic E-state index is -0.691. The molecule has 6 heteroatoms. The van der Waals surface area contributed by atoms with E-state index in [0.717, 1.165) is 28.8 Å². The molecule has 1 atom stereocenters. The van der Waals surface area contributed by atoms with Crippen molar-refractivity contribution < 1.29 is 9.59 Å². The summed E-state index contributed by atoms with van der Waals surface area (Å²) in [6.07, 6.45) is 1.29. The molecule has 1 unspecified atom stereocenters. The van der Waals surface area contributed by atoms with Crippen molar-refractivity contribution in [3.05, 3.63) is 54.1 Å². The number of aromatic amines is 1. The van der Waals surface area contributed by atoms with E-state index < -0.39 is 11.9 Å². The number of nitrogens with zero attached hydrogens (tertiary/aromatic N) is 1.